The normalized spacial score (nSPS) is 12.8. The first-order valence-electron chi connectivity index (χ1n) is 10.2. The summed E-state index contributed by atoms with van der Waals surface area (Å²) in [4.78, 5) is 37.9. The highest BCUT2D eigenvalue weighted by Gasteiger charge is 2.32. The molecule has 6 nitrogen and oxygen atoms in total. The molecule has 3 aromatic carbocycles. The van der Waals surface area contributed by atoms with Gasteiger partial charge in [0.25, 0.3) is 11.8 Å². The van der Waals surface area contributed by atoms with Crippen molar-refractivity contribution in [3.63, 3.8) is 0 Å². The van der Waals surface area contributed by atoms with Gasteiger partial charge < -0.3 is 15.4 Å². The number of esters is 1. The molecule has 176 valence electrons. The number of hydrogen-bond acceptors (Lipinski definition) is 4. The van der Waals surface area contributed by atoms with Crippen molar-refractivity contribution in [2.24, 2.45) is 0 Å². The van der Waals surface area contributed by atoms with Crippen LogP contribution in [0, 0.1) is 0 Å². The van der Waals surface area contributed by atoms with Crippen molar-refractivity contribution in [1.82, 2.24) is 5.32 Å². The first kappa shape index (κ1) is 24.5. The van der Waals surface area contributed by atoms with Gasteiger partial charge in [0.05, 0.1) is 5.56 Å². The summed E-state index contributed by atoms with van der Waals surface area (Å²) in [5.74, 6) is -2.24. The van der Waals surface area contributed by atoms with Gasteiger partial charge in [-0.2, -0.15) is 13.2 Å². The van der Waals surface area contributed by atoms with Gasteiger partial charge in [-0.05, 0) is 37.3 Å². The quantitative estimate of drug-likeness (QED) is 0.489. The van der Waals surface area contributed by atoms with Gasteiger partial charge in [-0.3, -0.25) is 9.59 Å². The SMILES string of the molecule is CC(NC(=O)c1ccccc1)C(=O)OC(C(=O)Nc1cccc(C(F)(F)F)c1)c1ccccc1. The van der Waals surface area contributed by atoms with E-state index in [9.17, 15) is 27.6 Å². The van der Waals surface area contributed by atoms with Crippen LogP contribution >= 0.6 is 0 Å². The Morgan fingerprint density at radius 3 is 2.09 bits per heavy atom. The van der Waals surface area contributed by atoms with E-state index >= 15 is 0 Å². The van der Waals surface area contributed by atoms with Gasteiger partial charge in [0.1, 0.15) is 6.04 Å². The van der Waals surface area contributed by atoms with E-state index in [0.29, 0.717) is 11.1 Å². The molecule has 2 amide bonds. The summed E-state index contributed by atoms with van der Waals surface area (Å²) in [6, 6.07) is 19.2. The third-order valence-electron chi connectivity index (χ3n) is 4.77. The zero-order chi connectivity index (χ0) is 24.7. The first-order valence-corrected chi connectivity index (χ1v) is 10.2. The number of benzene rings is 3. The summed E-state index contributed by atoms with van der Waals surface area (Å²) in [6.45, 7) is 1.40. The van der Waals surface area contributed by atoms with Crippen LogP contribution in [0.3, 0.4) is 0 Å². The monoisotopic (exact) mass is 470 g/mol. The zero-order valence-corrected chi connectivity index (χ0v) is 18.0. The van der Waals surface area contributed by atoms with Gasteiger partial charge in [0.15, 0.2) is 0 Å². The van der Waals surface area contributed by atoms with Crippen LogP contribution < -0.4 is 10.6 Å². The molecule has 3 aromatic rings. The van der Waals surface area contributed by atoms with Crippen LogP contribution in [-0.2, 0) is 20.5 Å². The number of amides is 2. The predicted molar refractivity (Wildman–Crippen MR) is 119 cm³/mol. The summed E-state index contributed by atoms with van der Waals surface area (Å²) in [5, 5.41) is 4.86. The number of carbonyl (C=O) groups is 3. The van der Waals surface area contributed by atoms with Crippen molar-refractivity contribution in [3.8, 4) is 0 Å². The Morgan fingerprint density at radius 1 is 0.853 bits per heavy atom. The average molecular weight is 470 g/mol. The van der Waals surface area contributed by atoms with Crippen LogP contribution in [0.2, 0.25) is 0 Å². The Bertz CT molecular complexity index is 1150. The molecule has 0 aliphatic rings. The molecule has 0 fully saturated rings. The number of halogens is 3. The van der Waals surface area contributed by atoms with Gasteiger partial charge in [-0.15, -0.1) is 0 Å². The van der Waals surface area contributed by atoms with Crippen LogP contribution in [0.1, 0.15) is 34.5 Å². The molecular formula is C25H21F3N2O4. The predicted octanol–water partition coefficient (Wildman–Crippen LogP) is 4.75. The minimum Gasteiger partial charge on any atom is -0.446 e. The minimum atomic E-state index is -4.58. The summed E-state index contributed by atoms with van der Waals surface area (Å²) in [5.41, 5.74) is -0.399. The van der Waals surface area contributed by atoms with E-state index in [-0.39, 0.29) is 5.69 Å². The lowest BCUT2D eigenvalue weighted by molar-refractivity contribution is -0.156. The summed E-state index contributed by atoms with van der Waals surface area (Å²) in [7, 11) is 0. The molecule has 0 aromatic heterocycles. The maximum absolute atomic E-state index is 13.0. The Hall–Kier alpha value is -4.14. The molecule has 0 bridgehead atoms. The molecule has 0 saturated heterocycles. The van der Waals surface area contributed by atoms with Crippen LogP contribution in [-0.4, -0.2) is 23.8 Å². The van der Waals surface area contributed by atoms with E-state index in [0.717, 1.165) is 18.2 Å². The molecule has 0 saturated carbocycles. The molecule has 0 radical (unpaired) electrons. The highest BCUT2D eigenvalue weighted by Crippen LogP contribution is 2.31. The molecule has 0 aliphatic carbocycles. The second kappa shape index (κ2) is 10.7. The second-order valence-electron chi connectivity index (χ2n) is 7.36. The Kier molecular flexibility index (Phi) is 7.68. The number of rotatable bonds is 7. The molecule has 0 heterocycles. The number of nitrogens with one attached hydrogen (secondary N) is 2. The summed E-state index contributed by atoms with van der Waals surface area (Å²) in [6.07, 6.45) is -6.04. The van der Waals surface area contributed by atoms with E-state index in [1.165, 1.54) is 25.1 Å². The first-order chi connectivity index (χ1) is 16.1. The van der Waals surface area contributed by atoms with Gasteiger partial charge >= 0.3 is 12.1 Å². The molecule has 0 aliphatic heterocycles. The van der Waals surface area contributed by atoms with E-state index in [1.54, 1.807) is 48.5 Å². The lowest BCUT2D eigenvalue weighted by Crippen LogP contribution is -2.41. The number of ether oxygens (including phenoxy) is 1. The Balaban J connectivity index is 1.75. The van der Waals surface area contributed by atoms with E-state index in [1.807, 2.05) is 0 Å². The van der Waals surface area contributed by atoms with Crippen molar-refractivity contribution in [2.75, 3.05) is 5.32 Å². The average Bonchev–Trinajstić information content (AvgIpc) is 2.83. The maximum Gasteiger partial charge on any atom is 0.416 e. The van der Waals surface area contributed by atoms with Crippen LogP contribution in [0.15, 0.2) is 84.9 Å². The molecular weight excluding hydrogens is 449 g/mol. The molecule has 9 heteroatoms. The fourth-order valence-electron chi connectivity index (χ4n) is 3.03. The smallest absolute Gasteiger partial charge is 0.416 e. The van der Waals surface area contributed by atoms with E-state index in [4.69, 9.17) is 4.74 Å². The fraction of sp³-hybridized carbons (Fsp3) is 0.160. The third kappa shape index (κ3) is 6.44. The van der Waals surface area contributed by atoms with Crippen molar-refractivity contribution in [1.29, 1.82) is 0 Å². The van der Waals surface area contributed by atoms with Gasteiger partial charge in [0, 0.05) is 16.8 Å². The minimum absolute atomic E-state index is 0.109. The van der Waals surface area contributed by atoms with Crippen molar-refractivity contribution < 1.29 is 32.3 Å². The number of carbonyl (C=O) groups excluding carboxylic acids is 3. The number of alkyl halides is 3. The largest absolute Gasteiger partial charge is 0.446 e. The number of hydrogen-bond donors (Lipinski definition) is 2. The molecule has 2 N–H and O–H groups in total. The topological polar surface area (TPSA) is 84.5 Å². The lowest BCUT2D eigenvalue weighted by Gasteiger charge is -2.21. The van der Waals surface area contributed by atoms with Crippen LogP contribution in [0.25, 0.3) is 0 Å². The molecule has 2 atom stereocenters. The molecule has 0 spiro atoms. The standard InChI is InChI=1S/C25H21F3N2O4/c1-16(29-22(31)18-11-6-3-7-12-18)24(33)34-21(17-9-4-2-5-10-17)23(32)30-20-14-8-13-19(15-20)25(26,27)28/h2-16,21H,1H3,(H,29,31)(H,30,32). The van der Waals surface area contributed by atoms with Gasteiger partial charge in [-0.25, -0.2) is 4.79 Å². The third-order valence-corrected chi connectivity index (χ3v) is 4.77. The fourth-order valence-corrected chi connectivity index (χ4v) is 3.03. The highest BCUT2D eigenvalue weighted by atomic mass is 19.4. The van der Waals surface area contributed by atoms with Gasteiger partial charge in [-0.1, -0.05) is 54.6 Å². The van der Waals surface area contributed by atoms with E-state index < -0.39 is 41.7 Å². The molecule has 2 unspecified atom stereocenters. The lowest BCUT2D eigenvalue weighted by atomic mass is 10.1. The van der Waals surface area contributed by atoms with Crippen LogP contribution in [0.5, 0.6) is 0 Å². The molecule has 3 rings (SSSR count). The Labute approximate surface area is 193 Å². The van der Waals surface area contributed by atoms with Gasteiger partial charge in [0.2, 0.25) is 6.10 Å². The second-order valence-corrected chi connectivity index (χ2v) is 7.36. The summed E-state index contributed by atoms with van der Waals surface area (Å²) >= 11 is 0. The van der Waals surface area contributed by atoms with Crippen molar-refractivity contribution in [3.05, 3.63) is 102 Å². The number of anilines is 1. The summed E-state index contributed by atoms with van der Waals surface area (Å²) < 4.78 is 44.4. The maximum atomic E-state index is 13.0. The highest BCUT2D eigenvalue weighted by molar-refractivity contribution is 5.98. The van der Waals surface area contributed by atoms with Crippen molar-refractivity contribution >= 4 is 23.5 Å². The Morgan fingerprint density at radius 2 is 1.47 bits per heavy atom. The van der Waals surface area contributed by atoms with E-state index in [2.05, 4.69) is 10.6 Å². The van der Waals surface area contributed by atoms with Crippen molar-refractivity contribution in [2.45, 2.75) is 25.2 Å². The molecule has 34 heavy (non-hydrogen) atoms. The van der Waals surface area contributed by atoms with Crippen LogP contribution in [0.4, 0.5) is 18.9 Å². The zero-order valence-electron chi connectivity index (χ0n) is 18.0.